The Bertz CT molecular complexity index is 983. The van der Waals surface area contributed by atoms with Gasteiger partial charge in [0.25, 0.3) is 0 Å². The molecule has 4 rings (SSSR count). The number of benzene rings is 3. The van der Waals surface area contributed by atoms with Gasteiger partial charge in [0.15, 0.2) is 0 Å². The van der Waals surface area contributed by atoms with E-state index in [0.717, 1.165) is 18.5 Å². The largest absolute Gasteiger partial charge is 2.00 e. The molecule has 0 atom stereocenters. The molecular weight excluding hydrogens is 447 g/mol. The summed E-state index contributed by atoms with van der Waals surface area (Å²) in [7, 11) is 4.23. The van der Waals surface area contributed by atoms with Gasteiger partial charge in [-0.3, -0.25) is 0 Å². The summed E-state index contributed by atoms with van der Waals surface area (Å²) in [5, 5.41) is 2.52. The van der Waals surface area contributed by atoms with Gasteiger partial charge >= 0.3 is 21.7 Å². The molecule has 0 fully saturated rings. The monoisotopic (exact) mass is 472 g/mol. The van der Waals surface area contributed by atoms with Crippen molar-refractivity contribution in [1.29, 1.82) is 0 Å². The van der Waals surface area contributed by atoms with Gasteiger partial charge in [-0.15, -0.1) is 28.8 Å². The smallest absolute Gasteiger partial charge is 1.00 e. The molecule has 0 aromatic heterocycles. The fraction of sp³-hybridized carbons (Fsp3) is 0.160. The van der Waals surface area contributed by atoms with Crippen molar-refractivity contribution in [2.24, 2.45) is 0 Å². The van der Waals surface area contributed by atoms with Crippen LogP contribution in [0.25, 0.3) is 22.1 Å². The molecule has 30 heavy (non-hydrogen) atoms. The van der Waals surface area contributed by atoms with E-state index in [9.17, 15) is 0 Å². The Labute approximate surface area is 207 Å². The molecule has 0 heterocycles. The number of nitrogens with one attached hydrogen (secondary N) is 1. The van der Waals surface area contributed by atoms with E-state index in [0.29, 0.717) is 5.69 Å². The zero-order chi connectivity index (χ0) is 19.2. The van der Waals surface area contributed by atoms with Crippen LogP contribution in [0.3, 0.4) is 0 Å². The van der Waals surface area contributed by atoms with E-state index in [-0.39, 0.29) is 46.5 Å². The molecule has 1 aliphatic carbocycles. The molecule has 5 heteroatoms. The number of nitrogens with zero attached hydrogens (tertiary/aromatic N) is 1. The van der Waals surface area contributed by atoms with Gasteiger partial charge in [0.2, 0.25) is 0 Å². The van der Waals surface area contributed by atoms with Gasteiger partial charge in [0, 0.05) is 6.54 Å². The molecular formula is C25H26Cl2N2Ti-2. The van der Waals surface area contributed by atoms with Crippen molar-refractivity contribution in [1.82, 2.24) is 4.90 Å². The van der Waals surface area contributed by atoms with Crippen LogP contribution < -0.4 is 24.8 Å². The summed E-state index contributed by atoms with van der Waals surface area (Å²) in [5.74, 6) is 0. The van der Waals surface area contributed by atoms with Gasteiger partial charge in [-0.25, -0.2) is 0 Å². The van der Waals surface area contributed by atoms with Crippen LogP contribution >= 0.6 is 0 Å². The molecule has 0 saturated carbocycles. The molecule has 156 valence electrons. The van der Waals surface area contributed by atoms with Crippen LogP contribution in [0.15, 0.2) is 84.5 Å². The van der Waals surface area contributed by atoms with E-state index in [1.54, 1.807) is 12.1 Å². The fourth-order valence-corrected chi connectivity index (χ4v) is 3.38. The average Bonchev–Trinajstić information content (AvgIpc) is 3.10. The molecule has 3 aromatic carbocycles. The van der Waals surface area contributed by atoms with E-state index in [4.69, 9.17) is 5.73 Å². The standard InChI is InChI=1S/C19H20N.C6H6N.2ClH.Ti/c1-14-17-9-5-4-7-15(17)11-12-18(14)19-10-6-8-16(19)13-20(2)3;7-6-4-2-1-3-5-6;;;/h4-9,11-12H,1,10,13H2,2-3H3;1-5,7H;2*1H;/q2*-1;;;+2/p-2. The number of fused-ring (bicyclic) bond motifs is 1. The fourth-order valence-electron chi connectivity index (χ4n) is 3.38. The minimum atomic E-state index is 0. The van der Waals surface area contributed by atoms with Gasteiger partial charge in [-0.1, -0.05) is 77.7 Å². The van der Waals surface area contributed by atoms with Crippen LogP contribution in [0.4, 0.5) is 5.69 Å². The molecule has 0 spiro atoms. The van der Waals surface area contributed by atoms with Crippen LogP contribution in [0.2, 0.25) is 0 Å². The van der Waals surface area contributed by atoms with Crippen LogP contribution in [0, 0.1) is 6.92 Å². The summed E-state index contributed by atoms with van der Waals surface area (Å²) in [6.45, 7) is 5.32. The summed E-state index contributed by atoms with van der Waals surface area (Å²) in [6, 6.07) is 22.0. The van der Waals surface area contributed by atoms with Crippen LogP contribution in [0.1, 0.15) is 17.5 Å². The summed E-state index contributed by atoms with van der Waals surface area (Å²) < 4.78 is 0. The maximum atomic E-state index is 7.00. The first-order valence-corrected chi connectivity index (χ1v) is 9.20. The number of allylic oxidation sites excluding steroid dienone is 2. The van der Waals surface area contributed by atoms with Crippen LogP contribution in [0.5, 0.6) is 0 Å². The van der Waals surface area contributed by atoms with Gasteiger partial charge in [0.05, 0.1) is 0 Å². The summed E-state index contributed by atoms with van der Waals surface area (Å²) >= 11 is 0. The predicted octanol–water partition coefficient (Wildman–Crippen LogP) is 0.673. The Balaban J connectivity index is 0.000000726. The normalized spacial score (nSPS) is 11.8. The van der Waals surface area contributed by atoms with Crippen molar-refractivity contribution in [2.75, 3.05) is 20.6 Å². The Morgan fingerprint density at radius 3 is 2.13 bits per heavy atom. The van der Waals surface area contributed by atoms with E-state index >= 15 is 0 Å². The number of hydrogen-bond acceptors (Lipinski definition) is 1. The topological polar surface area (TPSA) is 27.0 Å². The zero-order valence-electron chi connectivity index (χ0n) is 17.3. The zero-order valence-corrected chi connectivity index (χ0v) is 20.4. The number of hydrogen-bond donors (Lipinski definition) is 0. The van der Waals surface area contributed by atoms with E-state index in [1.807, 2.05) is 18.2 Å². The van der Waals surface area contributed by atoms with E-state index in [2.05, 4.69) is 74.5 Å². The Kier molecular flexibility index (Phi) is 12.8. The predicted molar refractivity (Wildman–Crippen MR) is 118 cm³/mol. The minimum Gasteiger partial charge on any atom is -1.00 e. The van der Waals surface area contributed by atoms with Crippen molar-refractivity contribution in [2.45, 2.75) is 6.42 Å². The van der Waals surface area contributed by atoms with Gasteiger partial charge in [0.1, 0.15) is 0 Å². The van der Waals surface area contributed by atoms with Crippen LogP contribution in [-0.4, -0.2) is 25.5 Å². The first kappa shape index (κ1) is 28.3. The second-order valence-corrected chi connectivity index (χ2v) is 7.03. The minimum absolute atomic E-state index is 0. The van der Waals surface area contributed by atoms with Crippen LogP contribution in [-0.2, 0) is 21.7 Å². The van der Waals surface area contributed by atoms with Crippen molar-refractivity contribution >= 4 is 22.0 Å². The first-order chi connectivity index (χ1) is 13.1. The Morgan fingerprint density at radius 2 is 1.53 bits per heavy atom. The molecule has 3 aromatic rings. The summed E-state index contributed by atoms with van der Waals surface area (Å²) in [5.41, 5.74) is 12.9. The maximum Gasteiger partial charge on any atom is 2.00 e. The van der Waals surface area contributed by atoms with E-state index in [1.165, 1.54) is 27.5 Å². The van der Waals surface area contributed by atoms with Crippen molar-refractivity contribution in [3.8, 4) is 0 Å². The Hall–Kier alpha value is -1.68. The average molecular weight is 473 g/mol. The first-order valence-electron chi connectivity index (χ1n) is 9.20. The molecule has 1 aliphatic rings. The van der Waals surface area contributed by atoms with E-state index < -0.39 is 0 Å². The summed E-state index contributed by atoms with van der Waals surface area (Å²) in [4.78, 5) is 2.22. The number of rotatable bonds is 3. The molecule has 0 unspecified atom stereocenters. The maximum absolute atomic E-state index is 7.00. The number of halogens is 2. The van der Waals surface area contributed by atoms with Gasteiger partial charge in [-0.05, 0) is 26.1 Å². The van der Waals surface area contributed by atoms with Gasteiger partial charge < -0.3 is 35.4 Å². The molecule has 1 N–H and O–H groups in total. The third-order valence-electron chi connectivity index (χ3n) is 4.65. The molecule has 2 nitrogen and oxygen atoms in total. The Morgan fingerprint density at radius 1 is 0.900 bits per heavy atom. The van der Waals surface area contributed by atoms with Crippen molar-refractivity contribution < 1.29 is 46.5 Å². The molecule has 0 amide bonds. The molecule has 0 saturated heterocycles. The second kappa shape index (κ2) is 13.6. The van der Waals surface area contributed by atoms with Crippen molar-refractivity contribution in [3.05, 3.63) is 108 Å². The third-order valence-corrected chi connectivity index (χ3v) is 4.65. The second-order valence-electron chi connectivity index (χ2n) is 7.03. The number of likely N-dealkylation sites (N-methyl/N-ethyl adjacent to an activating group) is 1. The molecule has 0 aliphatic heterocycles. The summed E-state index contributed by atoms with van der Waals surface area (Å²) in [6.07, 6.45) is 5.52. The SMILES string of the molecule is [CH2-]c1c(C2=C(CN(C)C)C=CC2)ccc2ccccc12.[Cl-].[Cl-].[NH-]c1ccccc1.[Ti+2]. The third kappa shape index (κ3) is 7.23. The van der Waals surface area contributed by atoms with Gasteiger partial charge in [-0.2, -0.15) is 12.5 Å². The molecule has 0 bridgehead atoms. The molecule has 0 radical (unpaired) electrons. The quantitative estimate of drug-likeness (QED) is 0.406. The van der Waals surface area contributed by atoms with Crippen molar-refractivity contribution in [3.63, 3.8) is 0 Å².